The third-order valence-electron chi connectivity index (χ3n) is 3.31. The molecule has 1 fully saturated rings. The van der Waals surface area contributed by atoms with Crippen LogP contribution in [0.25, 0.3) is 10.8 Å². The summed E-state index contributed by atoms with van der Waals surface area (Å²) in [6.45, 7) is 0. The van der Waals surface area contributed by atoms with E-state index in [2.05, 4.69) is 4.98 Å². The summed E-state index contributed by atoms with van der Waals surface area (Å²) in [4.78, 5) is 15.5. The van der Waals surface area contributed by atoms with E-state index >= 15 is 0 Å². The van der Waals surface area contributed by atoms with Crippen molar-refractivity contribution >= 4 is 16.7 Å². The molecule has 0 spiro atoms. The second kappa shape index (κ2) is 3.98. The van der Waals surface area contributed by atoms with Crippen LogP contribution in [-0.4, -0.2) is 23.2 Å². The van der Waals surface area contributed by atoms with Gasteiger partial charge in [-0.3, -0.25) is 4.98 Å². The molecule has 2 aromatic rings. The summed E-state index contributed by atoms with van der Waals surface area (Å²) in [7, 11) is 1.60. The first-order valence-electron chi connectivity index (χ1n) is 5.90. The van der Waals surface area contributed by atoms with Crippen molar-refractivity contribution in [3.63, 3.8) is 0 Å². The number of carbonyl (C=O) groups is 1. The molecule has 1 aliphatic carbocycles. The van der Waals surface area contributed by atoms with E-state index in [9.17, 15) is 4.79 Å². The van der Waals surface area contributed by atoms with Crippen LogP contribution >= 0.6 is 0 Å². The van der Waals surface area contributed by atoms with E-state index in [4.69, 9.17) is 9.84 Å². The van der Waals surface area contributed by atoms with E-state index in [1.807, 2.05) is 0 Å². The van der Waals surface area contributed by atoms with Crippen LogP contribution in [0.2, 0.25) is 0 Å². The highest BCUT2D eigenvalue weighted by molar-refractivity contribution is 5.97. The molecule has 4 heteroatoms. The Morgan fingerprint density at radius 1 is 1.39 bits per heavy atom. The van der Waals surface area contributed by atoms with Crippen molar-refractivity contribution in [1.29, 1.82) is 0 Å². The molecule has 0 aliphatic heterocycles. The van der Waals surface area contributed by atoms with Crippen LogP contribution in [0.3, 0.4) is 0 Å². The molecule has 0 saturated heterocycles. The van der Waals surface area contributed by atoms with Crippen LogP contribution in [0, 0.1) is 0 Å². The van der Waals surface area contributed by atoms with Crippen LogP contribution in [0.4, 0.5) is 0 Å². The van der Waals surface area contributed by atoms with Crippen molar-refractivity contribution in [2.75, 3.05) is 7.11 Å². The standard InChI is InChI=1S/C14H13NO3/c1-18-12-7-15-13(8-2-3-8)11-6-9(14(16)17)4-5-10(11)12/h4-8H,2-3H2,1H3,(H,16,17). The molecule has 1 saturated carbocycles. The molecule has 0 atom stereocenters. The zero-order valence-electron chi connectivity index (χ0n) is 10.0. The number of aromatic nitrogens is 1. The predicted molar refractivity (Wildman–Crippen MR) is 67.2 cm³/mol. The summed E-state index contributed by atoms with van der Waals surface area (Å²) in [5, 5.41) is 10.9. The summed E-state index contributed by atoms with van der Waals surface area (Å²) < 4.78 is 5.27. The molecule has 1 aromatic carbocycles. The molecule has 18 heavy (non-hydrogen) atoms. The number of hydrogen-bond donors (Lipinski definition) is 1. The molecular weight excluding hydrogens is 230 g/mol. The van der Waals surface area contributed by atoms with Crippen LogP contribution in [0.1, 0.15) is 34.8 Å². The molecule has 92 valence electrons. The average molecular weight is 243 g/mol. The molecule has 1 aliphatic rings. The zero-order valence-corrected chi connectivity index (χ0v) is 10.0. The van der Waals surface area contributed by atoms with Gasteiger partial charge in [0.15, 0.2) is 0 Å². The number of rotatable bonds is 3. The van der Waals surface area contributed by atoms with Crippen molar-refractivity contribution in [3.05, 3.63) is 35.7 Å². The number of ether oxygens (including phenoxy) is 1. The van der Waals surface area contributed by atoms with E-state index in [0.29, 0.717) is 17.2 Å². The summed E-state index contributed by atoms with van der Waals surface area (Å²) in [6, 6.07) is 5.09. The molecule has 3 rings (SSSR count). The lowest BCUT2D eigenvalue weighted by atomic mass is 10.0. The van der Waals surface area contributed by atoms with E-state index in [1.54, 1.807) is 31.5 Å². The Hall–Kier alpha value is -2.10. The minimum atomic E-state index is -0.915. The molecule has 0 bridgehead atoms. The largest absolute Gasteiger partial charge is 0.494 e. The van der Waals surface area contributed by atoms with Crippen LogP contribution in [0.15, 0.2) is 24.4 Å². The minimum Gasteiger partial charge on any atom is -0.494 e. The summed E-state index contributed by atoms with van der Waals surface area (Å²) >= 11 is 0. The van der Waals surface area contributed by atoms with Crippen LogP contribution in [0.5, 0.6) is 5.75 Å². The smallest absolute Gasteiger partial charge is 0.335 e. The number of methoxy groups -OCH3 is 1. The second-order valence-electron chi connectivity index (χ2n) is 4.55. The van der Waals surface area contributed by atoms with Crippen LogP contribution in [-0.2, 0) is 0 Å². The molecule has 1 N–H and O–H groups in total. The first-order valence-corrected chi connectivity index (χ1v) is 5.90. The van der Waals surface area contributed by atoms with Gasteiger partial charge in [-0.05, 0) is 31.0 Å². The first-order chi connectivity index (χ1) is 8.70. The molecule has 4 nitrogen and oxygen atoms in total. The summed E-state index contributed by atoms with van der Waals surface area (Å²) in [5.41, 5.74) is 1.29. The Bertz CT molecular complexity index is 632. The fourth-order valence-corrected chi connectivity index (χ4v) is 2.22. The highest BCUT2D eigenvalue weighted by Gasteiger charge is 2.27. The minimum absolute atomic E-state index is 0.291. The number of carboxylic acids is 1. The van der Waals surface area contributed by atoms with Crippen molar-refractivity contribution in [2.24, 2.45) is 0 Å². The number of nitrogens with zero attached hydrogens (tertiary/aromatic N) is 1. The van der Waals surface area contributed by atoms with Crippen molar-refractivity contribution < 1.29 is 14.6 Å². The maximum Gasteiger partial charge on any atom is 0.335 e. The van der Waals surface area contributed by atoms with E-state index in [0.717, 1.165) is 29.3 Å². The maximum absolute atomic E-state index is 11.0. The van der Waals surface area contributed by atoms with Gasteiger partial charge in [-0.25, -0.2) is 4.79 Å². The predicted octanol–water partition coefficient (Wildman–Crippen LogP) is 2.82. The van der Waals surface area contributed by atoms with Crippen molar-refractivity contribution in [2.45, 2.75) is 18.8 Å². The highest BCUT2D eigenvalue weighted by atomic mass is 16.5. The Morgan fingerprint density at radius 3 is 2.78 bits per heavy atom. The van der Waals surface area contributed by atoms with Gasteiger partial charge >= 0.3 is 5.97 Å². The normalized spacial score (nSPS) is 14.7. The Balaban J connectivity index is 2.28. The number of hydrogen-bond acceptors (Lipinski definition) is 3. The van der Waals surface area contributed by atoms with E-state index < -0.39 is 5.97 Å². The fraction of sp³-hybridized carbons (Fsp3) is 0.286. The van der Waals surface area contributed by atoms with Gasteiger partial charge in [-0.2, -0.15) is 0 Å². The van der Waals surface area contributed by atoms with Crippen LogP contribution < -0.4 is 4.74 Å². The Labute approximate surface area is 104 Å². The van der Waals surface area contributed by atoms with E-state index in [-0.39, 0.29) is 0 Å². The lowest BCUT2D eigenvalue weighted by Crippen LogP contribution is -1.98. The third kappa shape index (κ3) is 1.70. The van der Waals surface area contributed by atoms with E-state index in [1.165, 1.54) is 0 Å². The molecule has 0 amide bonds. The van der Waals surface area contributed by atoms with Gasteiger partial charge in [0.2, 0.25) is 0 Å². The second-order valence-corrected chi connectivity index (χ2v) is 4.55. The Morgan fingerprint density at radius 2 is 2.17 bits per heavy atom. The Kier molecular flexibility index (Phi) is 2.44. The van der Waals surface area contributed by atoms with Gasteiger partial charge in [0, 0.05) is 16.7 Å². The quantitative estimate of drug-likeness (QED) is 0.900. The van der Waals surface area contributed by atoms with Gasteiger partial charge in [0.25, 0.3) is 0 Å². The average Bonchev–Trinajstić information content (AvgIpc) is 3.21. The lowest BCUT2D eigenvalue weighted by molar-refractivity contribution is 0.0697. The van der Waals surface area contributed by atoms with Gasteiger partial charge in [-0.15, -0.1) is 0 Å². The molecular formula is C14H13NO3. The van der Waals surface area contributed by atoms with Crippen molar-refractivity contribution in [3.8, 4) is 5.75 Å². The number of benzene rings is 1. The third-order valence-corrected chi connectivity index (χ3v) is 3.31. The first kappa shape index (κ1) is 11.0. The molecule has 1 heterocycles. The maximum atomic E-state index is 11.0. The highest BCUT2D eigenvalue weighted by Crippen LogP contribution is 2.43. The molecule has 0 radical (unpaired) electrons. The SMILES string of the molecule is COc1cnc(C2CC2)c2cc(C(=O)O)ccc12. The van der Waals surface area contributed by atoms with Gasteiger partial charge in [0.05, 0.1) is 24.6 Å². The van der Waals surface area contributed by atoms with Gasteiger partial charge in [-0.1, -0.05) is 0 Å². The molecule has 1 aromatic heterocycles. The lowest BCUT2D eigenvalue weighted by Gasteiger charge is -2.09. The topological polar surface area (TPSA) is 59.4 Å². The molecule has 0 unspecified atom stereocenters. The monoisotopic (exact) mass is 243 g/mol. The summed E-state index contributed by atoms with van der Waals surface area (Å²) in [6.07, 6.45) is 3.98. The van der Waals surface area contributed by atoms with Gasteiger partial charge < -0.3 is 9.84 Å². The number of aromatic carboxylic acids is 1. The van der Waals surface area contributed by atoms with Crippen molar-refractivity contribution in [1.82, 2.24) is 4.98 Å². The number of carboxylic acid groups (broad SMARTS) is 1. The zero-order chi connectivity index (χ0) is 12.7. The number of fused-ring (bicyclic) bond motifs is 1. The number of pyridine rings is 1. The fourth-order valence-electron chi connectivity index (χ4n) is 2.22. The summed E-state index contributed by atoms with van der Waals surface area (Å²) in [5.74, 6) is 0.246. The van der Waals surface area contributed by atoms with Gasteiger partial charge in [0.1, 0.15) is 5.75 Å².